The van der Waals surface area contributed by atoms with Crippen LogP contribution in [-0.2, 0) is 6.42 Å². The van der Waals surface area contributed by atoms with Crippen molar-refractivity contribution in [3.05, 3.63) is 29.3 Å². The van der Waals surface area contributed by atoms with E-state index in [1.807, 2.05) is 0 Å². The molecule has 0 amide bonds. The van der Waals surface area contributed by atoms with Gasteiger partial charge >= 0.3 is 0 Å². The Labute approximate surface area is 84.1 Å². The molecule has 74 valence electrons. The van der Waals surface area contributed by atoms with E-state index in [2.05, 4.69) is 18.2 Å². The highest BCUT2D eigenvalue weighted by Crippen LogP contribution is 2.49. The Kier molecular flexibility index (Phi) is 1.77. The van der Waals surface area contributed by atoms with E-state index in [0.29, 0.717) is 0 Å². The van der Waals surface area contributed by atoms with Crippen LogP contribution in [0.4, 0.5) is 0 Å². The van der Waals surface area contributed by atoms with Gasteiger partial charge in [-0.25, -0.2) is 0 Å². The molecule has 0 saturated heterocycles. The molecule has 2 aliphatic rings. The van der Waals surface area contributed by atoms with Crippen molar-refractivity contribution in [2.75, 3.05) is 13.2 Å². The van der Waals surface area contributed by atoms with Gasteiger partial charge in [-0.3, -0.25) is 0 Å². The summed E-state index contributed by atoms with van der Waals surface area (Å²) < 4.78 is 5.55. The lowest BCUT2D eigenvalue weighted by Crippen LogP contribution is -2.02. The van der Waals surface area contributed by atoms with Gasteiger partial charge in [0, 0.05) is 12.0 Å². The summed E-state index contributed by atoms with van der Waals surface area (Å²) in [6.45, 7) is 1.68. The molecular formula is C12H15NO. The van der Waals surface area contributed by atoms with Crippen LogP contribution in [0.2, 0.25) is 0 Å². The molecule has 0 spiro atoms. The Balaban J connectivity index is 1.95. The lowest BCUT2D eigenvalue weighted by molar-refractivity contribution is 0.357. The van der Waals surface area contributed by atoms with Crippen LogP contribution < -0.4 is 10.5 Å². The van der Waals surface area contributed by atoms with E-state index in [0.717, 1.165) is 37.2 Å². The van der Waals surface area contributed by atoms with Crippen LogP contribution in [0.1, 0.15) is 23.5 Å². The zero-order valence-corrected chi connectivity index (χ0v) is 8.20. The molecule has 1 aromatic rings. The quantitative estimate of drug-likeness (QED) is 0.768. The minimum atomic E-state index is 0.719. The summed E-state index contributed by atoms with van der Waals surface area (Å²) in [4.78, 5) is 0. The summed E-state index contributed by atoms with van der Waals surface area (Å²) in [7, 11) is 0. The monoisotopic (exact) mass is 189 g/mol. The largest absolute Gasteiger partial charge is 0.493 e. The van der Waals surface area contributed by atoms with Crippen LogP contribution in [-0.4, -0.2) is 13.2 Å². The molecule has 0 aromatic heterocycles. The van der Waals surface area contributed by atoms with E-state index < -0.39 is 0 Å². The molecule has 1 aliphatic carbocycles. The minimum Gasteiger partial charge on any atom is -0.493 e. The lowest BCUT2D eigenvalue weighted by atomic mass is 10.00. The topological polar surface area (TPSA) is 35.2 Å². The summed E-state index contributed by atoms with van der Waals surface area (Å²) in [5, 5.41) is 0. The summed E-state index contributed by atoms with van der Waals surface area (Å²) in [6, 6.07) is 6.42. The molecule has 1 unspecified atom stereocenters. The third-order valence-corrected chi connectivity index (χ3v) is 3.40. The summed E-state index contributed by atoms with van der Waals surface area (Å²) >= 11 is 0. The summed E-state index contributed by atoms with van der Waals surface area (Å²) in [6.07, 6.45) is 2.35. The maximum atomic E-state index is 5.68. The zero-order chi connectivity index (χ0) is 9.54. The fraction of sp³-hybridized carbons (Fsp3) is 0.500. The molecule has 0 radical (unpaired) electrons. The molecule has 14 heavy (non-hydrogen) atoms. The SMILES string of the molecule is NC[C@@H]1CC1c1cccc2c1CCO2. The van der Waals surface area contributed by atoms with Crippen molar-refractivity contribution in [3.63, 3.8) is 0 Å². The number of ether oxygens (including phenoxy) is 1. The fourth-order valence-corrected chi connectivity index (χ4v) is 2.48. The Hall–Kier alpha value is -1.02. The molecule has 0 bridgehead atoms. The van der Waals surface area contributed by atoms with E-state index >= 15 is 0 Å². The fourth-order valence-electron chi connectivity index (χ4n) is 2.48. The minimum absolute atomic E-state index is 0.719. The van der Waals surface area contributed by atoms with Gasteiger partial charge in [0.2, 0.25) is 0 Å². The molecular weight excluding hydrogens is 174 g/mol. The highest BCUT2D eigenvalue weighted by atomic mass is 16.5. The molecule has 1 aliphatic heterocycles. The van der Waals surface area contributed by atoms with Crippen LogP contribution in [0.5, 0.6) is 5.75 Å². The van der Waals surface area contributed by atoms with E-state index in [4.69, 9.17) is 10.5 Å². The van der Waals surface area contributed by atoms with Crippen LogP contribution in [0.3, 0.4) is 0 Å². The first-order valence-corrected chi connectivity index (χ1v) is 5.35. The van der Waals surface area contributed by atoms with E-state index in [1.54, 1.807) is 0 Å². The first-order chi connectivity index (χ1) is 6.90. The number of benzene rings is 1. The Morgan fingerprint density at radius 3 is 3.14 bits per heavy atom. The normalized spacial score (nSPS) is 28.4. The molecule has 2 atom stereocenters. The molecule has 3 rings (SSSR count). The summed E-state index contributed by atoms with van der Waals surface area (Å²) in [5.41, 5.74) is 8.61. The van der Waals surface area contributed by atoms with Gasteiger partial charge in [0.15, 0.2) is 0 Å². The van der Waals surface area contributed by atoms with Gasteiger partial charge in [0.1, 0.15) is 5.75 Å². The van der Waals surface area contributed by atoms with Crippen molar-refractivity contribution in [1.82, 2.24) is 0 Å². The number of nitrogens with two attached hydrogens (primary N) is 1. The molecule has 2 N–H and O–H groups in total. The smallest absolute Gasteiger partial charge is 0.122 e. The molecule has 2 nitrogen and oxygen atoms in total. The van der Waals surface area contributed by atoms with E-state index in [9.17, 15) is 0 Å². The van der Waals surface area contributed by atoms with Gasteiger partial charge in [-0.15, -0.1) is 0 Å². The highest BCUT2D eigenvalue weighted by molar-refractivity contribution is 5.46. The van der Waals surface area contributed by atoms with Crippen molar-refractivity contribution >= 4 is 0 Å². The molecule has 1 fully saturated rings. The average Bonchev–Trinajstić information content (AvgIpc) is 2.85. The third-order valence-electron chi connectivity index (χ3n) is 3.40. The average molecular weight is 189 g/mol. The first-order valence-electron chi connectivity index (χ1n) is 5.35. The Morgan fingerprint density at radius 2 is 2.36 bits per heavy atom. The maximum Gasteiger partial charge on any atom is 0.122 e. The summed E-state index contributed by atoms with van der Waals surface area (Å²) in [5.74, 6) is 2.55. The van der Waals surface area contributed by atoms with Gasteiger partial charge in [-0.05, 0) is 36.4 Å². The second kappa shape index (κ2) is 2.99. The number of fused-ring (bicyclic) bond motifs is 1. The second-order valence-electron chi connectivity index (χ2n) is 4.26. The van der Waals surface area contributed by atoms with Gasteiger partial charge in [0.25, 0.3) is 0 Å². The lowest BCUT2D eigenvalue weighted by Gasteiger charge is -2.05. The van der Waals surface area contributed by atoms with Gasteiger partial charge in [-0.1, -0.05) is 12.1 Å². The van der Waals surface area contributed by atoms with Crippen molar-refractivity contribution in [1.29, 1.82) is 0 Å². The molecule has 1 saturated carbocycles. The molecule has 2 heteroatoms. The highest BCUT2D eigenvalue weighted by Gasteiger charge is 2.39. The second-order valence-corrected chi connectivity index (χ2v) is 4.26. The van der Waals surface area contributed by atoms with Crippen molar-refractivity contribution in [2.24, 2.45) is 11.7 Å². The standard InChI is InChI=1S/C12H15NO/c13-7-8-6-11(8)9-2-1-3-12-10(9)4-5-14-12/h1-3,8,11H,4-7,13H2/t8-,11?/m0/s1. The van der Waals surface area contributed by atoms with E-state index in [-0.39, 0.29) is 0 Å². The molecule has 1 heterocycles. The van der Waals surface area contributed by atoms with Crippen LogP contribution in [0.25, 0.3) is 0 Å². The maximum absolute atomic E-state index is 5.68. The van der Waals surface area contributed by atoms with Crippen LogP contribution in [0, 0.1) is 5.92 Å². The van der Waals surface area contributed by atoms with Gasteiger partial charge < -0.3 is 10.5 Å². The Morgan fingerprint density at radius 1 is 1.43 bits per heavy atom. The molecule has 1 aromatic carbocycles. The predicted molar refractivity (Wildman–Crippen MR) is 55.5 cm³/mol. The van der Waals surface area contributed by atoms with Crippen LogP contribution in [0.15, 0.2) is 18.2 Å². The number of hydrogen-bond acceptors (Lipinski definition) is 2. The van der Waals surface area contributed by atoms with E-state index in [1.165, 1.54) is 17.5 Å². The van der Waals surface area contributed by atoms with Crippen molar-refractivity contribution in [3.8, 4) is 5.75 Å². The zero-order valence-electron chi connectivity index (χ0n) is 8.20. The van der Waals surface area contributed by atoms with Crippen molar-refractivity contribution in [2.45, 2.75) is 18.8 Å². The van der Waals surface area contributed by atoms with Crippen molar-refractivity contribution < 1.29 is 4.74 Å². The van der Waals surface area contributed by atoms with Gasteiger partial charge in [0.05, 0.1) is 6.61 Å². The van der Waals surface area contributed by atoms with Crippen LogP contribution >= 0.6 is 0 Å². The number of hydrogen-bond donors (Lipinski definition) is 1. The van der Waals surface area contributed by atoms with Gasteiger partial charge in [-0.2, -0.15) is 0 Å². The third kappa shape index (κ3) is 1.14. The number of rotatable bonds is 2. The first kappa shape index (κ1) is 8.30. The Bertz CT molecular complexity index is 361. The predicted octanol–water partition coefficient (Wildman–Crippen LogP) is 1.68.